The molecule has 6 heteroatoms. The maximum absolute atomic E-state index is 12.1. The highest BCUT2D eigenvalue weighted by molar-refractivity contribution is 7.12. The summed E-state index contributed by atoms with van der Waals surface area (Å²) < 4.78 is 0. The zero-order chi connectivity index (χ0) is 17.5. The summed E-state index contributed by atoms with van der Waals surface area (Å²) in [5.74, 6) is -0.166. The summed E-state index contributed by atoms with van der Waals surface area (Å²) in [6.07, 6.45) is 0. The zero-order valence-corrected chi connectivity index (χ0v) is 14.2. The molecule has 126 valence electrons. The first-order valence-electron chi connectivity index (χ1n) is 7.74. The van der Waals surface area contributed by atoms with Crippen molar-refractivity contribution in [3.05, 3.63) is 82.6 Å². The summed E-state index contributed by atoms with van der Waals surface area (Å²) in [5.41, 5.74) is 2.25. The van der Waals surface area contributed by atoms with Gasteiger partial charge >= 0.3 is 6.03 Å². The first kappa shape index (κ1) is 16.7. The second-order valence-corrected chi connectivity index (χ2v) is 6.25. The van der Waals surface area contributed by atoms with Gasteiger partial charge in [0.15, 0.2) is 0 Å². The Bertz CT molecular complexity index is 848. The van der Waals surface area contributed by atoms with Crippen LogP contribution in [0.4, 0.5) is 16.2 Å². The summed E-state index contributed by atoms with van der Waals surface area (Å²) >= 11 is 1.38. The van der Waals surface area contributed by atoms with Crippen molar-refractivity contribution < 1.29 is 9.59 Å². The highest BCUT2D eigenvalue weighted by Crippen LogP contribution is 2.17. The van der Waals surface area contributed by atoms with E-state index < -0.39 is 0 Å². The van der Waals surface area contributed by atoms with Gasteiger partial charge in [-0.2, -0.15) is 0 Å². The van der Waals surface area contributed by atoms with Crippen LogP contribution in [0.2, 0.25) is 0 Å². The Morgan fingerprint density at radius 2 is 1.60 bits per heavy atom. The molecule has 0 unspecified atom stereocenters. The summed E-state index contributed by atoms with van der Waals surface area (Å²) in [6.45, 7) is 0.446. The molecule has 3 amide bonds. The van der Waals surface area contributed by atoms with Crippen LogP contribution in [0.3, 0.4) is 0 Å². The van der Waals surface area contributed by atoms with Crippen molar-refractivity contribution in [2.24, 2.45) is 0 Å². The van der Waals surface area contributed by atoms with Crippen LogP contribution >= 0.6 is 11.3 Å². The van der Waals surface area contributed by atoms with Crippen LogP contribution in [0.5, 0.6) is 0 Å². The number of hydrogen-bond acceptors (Lipinski definition) is 3. The lowest BCUT2D eigenvalue weighted by atomic mass is 10.2. The quantitative estimate of drug-likeness (QED) is 0.640. The fraction of sp³-hybridized carbons (Fsp3) is 0.0526. The number of carbonyl (C=O) groups excluding carboxylic acids is 2. The lowest BCUT2D eigenvalue weighted by Gasteiger charge is -2.10. The van der Waals surface area contributed by atoms with Gasteiger partial charge in [0.25, 0.3) is 5.91 Å². The Morgan fingerprint density at radius 1 is 0.840 bits per heavy atom. The van der Waals surface area contributed by atoms with Gasteiger partial charge in [0.1, 0.15) is 0 Å². The van der Waals surface area contributed by atoms with E-state index in [1.165, 1.54) is 11.3 Å². The van der Waals surface area contributed by atoms with Gasteiger partial charge in [-0.05, 0) is 35.2 Å². The molecule has 5 nitrogen and oxygen atoms in total. The van der Waals surface area contributed by atoms with Crippen LogP contribution in [0.15, 0.2) is 72.1 Å². The average Bonchev–Trinajstić information content (AvgIpc) is 3.16. The molecular weight excluding hydrogens is 334 g/mol. The predicted octanol–water partition coefficient (Wildman–Crippen LogP) is 4.32. The molecule has 3 N–H and O–H groups in total. The van der Waals surface area contributed by atoms with E-state index in [-0.39, 0.29) is 11.9 Å². The minimum absolute atomic E-state index is 0.166. The molecule has 1 aromatic heterocycles. The van der Waals surface area contributed by atoms with Crippen molar-refractivity contribution in [3.63, 3.8) is 0 Å². The Kier molecular flexibility index (Phi) is 5.43. The van der Waals surface area contributed by atoms with Crippen molar-refractivity contribution in [2.45, 2.75) is 6.54 Å². The SMILES string of the molecule is O=C(NCc1ccccc1)Nc1cccc(NC(=O)c2cccs2)c1. The van der Waals surface area contributed by atoms with Gasteiger partial charge in [-0.1, -0.05) is 42.5 Å². The van der Waals surface area contributed by atoms with Gasteiger partial charge in [0.2, 0.25) is 0 Å². The maximum Gasteiger partial charge on any atom is 0.319 e. The molecular formula is C19H17N3O2S. The fourth-order valence-electron chi connectivity index (χ4n) is 2.23. The van der Waals surface area contributed by atoms with E-state index in [0.717, 1.165) is 5.56 Å². The lowest BCUT2D eigenvalue weighted by Crippen LogP contribution is -2.28. The molecule has 0 aliphatic carbocycles. The second-order valence-electron chi connectivity index (χ2n) is 5.31. The van der Waals surface area contributed by atoms with Crippen molar-refractivity contribution in [3.8, 4) is 0 Å². The van der Waals surface area contributed by atoms with Gasteiger partial charge in [0.05, 0.1) is 4.88 Å². The predicted molar refractivity (Wildman–Crippen MR) is 101 cm³/mol. The number of urea groups is 1. The van der Waals surface area contributed by atoms with E-state index in [9.17, 15) is 9.59 Å². The monoisotopic (exact) mass is 351 g/mol. The summed E-state index contributed by atoms with van der Waals surface area (Å²) in [7, 11) is 0. The Hall–Kier alpha value is -3.12. The third kappa shape index (κ3) is 4.92. The van der Waals surface area contributed by atoms with E-state index in [1.807, 2.05) is 41.8 Å². The molecule has 0 bridgehead atoms. The standard InChI is InChI=1S/C19H17N3O2S/c23-18(17-10-5-11-25-17)21-15-8-4-9-16(12-15)22-19(24)20-13-14-6-2-1-3-7-14/h1-12H,13H2,(H,21,23)(H2,20,22,24). The normalized spacial score (nSPS) is 10.1. The number of rotatable bonds is 5. The molecule has 25 heavy (non-hydrogen) atoms. The van der Waals surface area contributed by atoms with Crippen molar-refractivity contribution in [2.75, 3.05) is 10.6 Å². The van der Waals surface area contributed by atoms with Crippen LogP contribution in [0.1, 0.15) is 15.2 Å². The first-order valence-corrected chi connectivity index (χ1v) is 8.62. The smallest absolute Gasteiger partial charge is 0.319 e. The molecule has 3 rings (SSSR count). The largest absolute Gasteiger partial charge is 0.334 e. The highest BCUT2D eigenvalue weighted by Gasteiger charge is 2.08. The molecule has 0 spiro atoms. The Balaban J connectivity index is 1.56. The topological polar surface area (TPSA) is 70.2 Å². The molecule has 1 heterocycles. The van der Waals surface area contributed by atoms with Crippen molar-refractivity contribution in [1.29, 1.82) is 0 Å². The first-order chi connectivity index (χ1) is 12.2. The maximum atomic E-state index is 12.1. The molecule has 0 fully saturated rings. The highest BCUT2D eigenvalue weighted by atomic mass is 32.1. The number of thiophene rings is 1. The number of carbonyl (C=O) groups is 2. The average molecular weight is 351 g/mol. The number of benzene rings is 2. The molecule has 0 aliphatic heterocycles. The minimum atomic E-state index is -0.300. The van der Waals surface area contributed by atoms with Gasteiger partial charge in [0, 0.05) is 17.9 Å². The summed E-state index contributed by atoms with van der Waals surface area (Å²) in [4.78, 5) is 24.7. The van der Waals surface area contributed by atoms with E-state index in [2.05, 4.69) is 16.0 Å². The zero-order valence-electron chi connectivity index (χ0n) is 13.4. The molecule has 3 aromatic rings. The van der Waals surface area contributed by atoms with Gasteiger partial charge < -0.3 is 16.0 Å². The number of hydrogen-bond donors (Lipinski definition) is 3. The number of amides is 3. The van der Waals surface area contributed by atoms with Gasteiger partial charge in [-0.25, -0.2) is 4.79 Å². The van der Waals surface area contributed by atoms with E-state index >= 15 is 0 Å². The lowest BCUT2D eigenvalue weighted by molar-refractivity contribution is 0.103. The van der Waals surface area contributed by atoms with Crippen LogP contribution in [0.25, 0.3) is 0 Å². The van der Waals surface area contributed by atoms with Crippen molar-refractivity contribution in [1.82, 2.24) is 5.32 Å². The van der Waals surface area contributed by atoms with Crippen LogP contribution in [-0.4, -0.2) is 11.9 Å². The minimum Gasteiger partial charge on any atom is -0.334 e. The molecule has 0 saturated heterocycles. The van der Waals surface area contributed by atoms with Gasteiger partial charge in [-0.15, -0.1) is 11.3 Å². The molecule has 0 atom stereocenters. The van der Waals surface area contributed by atoms with Crippen LogP contribution in [0, 0.1) is 0 Å². The van der Waals surface area contributed by atoms with E-state index in [0.29, 0.717) is 22.8 Å². The van der Waals surface area contributed by atoms with Crippen LogP contribution in [-0.2, 0) is 6.54 Å². The summed E-state index contributed by atoms with van der Waals surface area (Å²) in [6, 6.07) is 20.0. The third-order valence-corrected chi connectivity index (χ3v) is 4.29. The Morgan fingerprint density at radius 3 is 2.32 bits per heavy atom. The Labute approximate surface area is 149 Å². The molecule has 0 radical (unpaired) electrons. The van der Waals surface area contributed by atoms with Crippen molar-refractivity contribution >= 4 is 34.6 Å². The number of anilines is 2. The molecule has 0 aliphatic rings. The third-order valence-electron chi connectivity index (χ3n) is 3.42. The second kappa shape index (κ2) is 8.12. The fourth-order valence-corrected chi connectivity index (χ4v) is 2.85. The molecule has 0 saturated carbocycles. The van der Waals surface area contributed by atoms with E-state index in [4.69, 9.17) is 0 Å². The van der Waals surface area contributed by atoms with Gasteiger partial charge in [-0.3, -0.25) is 4.79 Å². The number of nitrogens with one attached hydrogen (secondary N) is 3. The van der Waals surface area contributed by atoms with E-state index in [1.54, 1.807) is 30.3 Å². The van der Waals surface area contributed by atoms with Crippen LogP contribution < -0.4 is 16.0 Å². The molecule has 2 aromatic carbocycles. The summed E-state index contributed by atoms with van der Waals surface area (Å²) in [5, 5.41) is 10.2.